The van der Waals surface area contributed by atoms with E-state index in [4.69, 9.17) is 0 Å². The lowest BCUT2D eigenvalue weighted by Gasteiger charge is -2.19. The summed E-state index contributed by atoms with van der Waals surface area (Å²) in [5.74, 6) is -0.917. The maximum absolute atomic E-state index is 11.2. The first kappa shape index (κ1) is 15.3. The second-order valence-electron chi connectivity index (χ2n) is 6.46. The van der Waals surface area contributed by atoms with E-state index >= 15 is 0 Å². The van der Waals surface area contributed by atoms with Gasteiger partial charge in [-0.25, -0.2) is 4.79 Å². The molecule has 21 heavy (non-hydrogen) atoms. The summed E-state index contributed by atoms with van der Waals surface area (Å²) in [4.78, 5) is 11.2. The maximum atomic E-state index is 11.2. The van der Waals surface area contributed by atoms with Crippen molar-refractivity contribution in [3.05, 3.63) is 52.3 Å². The number of carbonyl (C=O) groups is 1. The molecule has 0 amide bonds. The van der Waals surface area contributed by atoms with E-state index in [0.29, 0.717) is 23.5 Å². The Morgan fingerprint density at radius 3 is 2.19 bits per heavy atom. The van der Waals surface area contributed by atoms with Gasteiger partial charge in [-0.2, -0.15) is 5.10 Å². The fourth-order valence-electron chi connectivity index (χ4n) is 2.44. The first-order valence-electron chi connectivity index (χ1n) is 7.07. The molecule has 4 nitrogen and oxygen atoms in total. The number of hydrogen-bond acceptors (Lipinski definition) is 2. The van der Waals surface area contributed by atoms with Gasteiger partial charge >= 0.3 is 5.97 Å². The van der Waals surface area contributed by atoms with Crippen LogP contribution < -0.4 is 0 Å². The van der Waals surface area contributed by atoms with Crippen LogP contribution in [-0.2, 0) is 12.0 Å². The molecule has 0 atom stereocenters. The summed E-state index contributed by atoms with van der Waals surface area (Å²) in [6.45, 7) is 10.7. The Morgan fingerprint density at radius 1 is 1.19 bits per heavy atom. The van der Waals surface area contributed by atoms with Gasteiger partial charge in [-0.3, -0.25) is 4.68 Å². The van der Waals surface area contributed by atoms with Crippen molar-refractivity contribution in [1.29, 1.82) is 0 Å². The quantitative estimate of drug-likeness (QED) is 0.939. The summed E-state index contributed by atoms with van der Waals surface area (Å²) < 4.78 is 1.75. The molecule has 0 spiro atoms. The topological polar surface area (TPSA) is 55.1 Å². The van der Waals surface area contributed by atoms with Crippen LogP contribution in [0.25, 0.3) is 0 Å². The minimum atomic E-state index is -0.917. The van der Waals surface area contributed by atoms with Gasteiger partial charge < -0.3 is 5.11 Å². The van der Waals surface area contributed by atoms with Crippen LogP contribution in [0.3, 0.4) is 0 Å². The van der Waals surface area contributed by atoms with E-state index < -0.39 is 5.97 Å². The molecule has 0 aliphatic carbocycles. The number of nitrogens with zero attached hydrogens (tertiary/aromatic N) is 2. The van der Waals surface area contributed by atoms with Gasteiger partial charge in [0.1, 0.15) is 5.56 Å². The largest absolute Gasteiger partial charge is 0.478 e. The van der Waals surface area contributed by atoms with Crippen LogP contribution in [0.1, 0.15) is 53.6 Å². The number of carboxylic acid groups (broad SMARTS) is 1. The summed E-state index contributed by atoms with van der Waals surface area (Å²) in [7, 11) is 0. The fourth-order valence-corrected chi connectivity index (χ4v) is 2.44. The third-order valence-corrected chi connectivity index (χ3v) is 3.75. The first-order chi connectivity index (χ1) is 9.70. The Morgan fingerprint density at radius 2 is 1.76 bits per heavy atom. The molecule has 0 saturated carbocycles. The number of aryl methyl sites for hydroxylation is 1. The Kier molecular flexibility index (Phi) is 3.90. The summed E-state index contributed by atoms with van der Waals surface area (Å²) in [5, 5.41) is 13.5. The average Bonchev–Trinajstić information content (AvgIpc) is 2.64. The van der Waals surface area contributed by atoms with E-state index in [1.165, 1.54) is 5.56 Å². The van der Waals surface area contributed by atoms with Gasteiger partial charge in [-0.15, -0.1) is 0 Å². The number of aromatic nitrogens is 2. The van der Waals surface area contributed by atoms with Crippen LogP contribution in [-0.4, -0.2) is 20.9 Å². The molecule has 1 aromatic heterocycles. The van der Waals surface area contributed by atoms with Gasteiger partial charge in [-0.05, 0) is 30.4 Å². The standard InChI is InChI=1S/C17H22N2O2/c1-11-15(16(20)21)12(2)19(18-11)10-13-6-8-14(9-7-13)17(3,4)5/h6-9H,10H2,1-5H3,(H,20,21). The average molecular weight is 286 g/mol. The van der Waals surface area contributed by atoms with Gasteiger partial charge in [0, 0.05) is 0 Å². The lowest BCUT2D eigenvalue weighted by molar-refractivity contribution is 0.0695. The van der Waals surface area contributed by atoms with Gasteiger partial charge in [0.15, 0.2) is 0 Å². The summed E-state index contributed by atoms with van der Waals surface area (Å²) in [6.07, 6.45) is 0. The molecular weight excluding hydrogens is 264 g/mol. The van der Waals surface area contributed by atoms with Gasteiger partial charge in [0.05, 0.1) is 17.9 Å². The fraction of sp³-hybridized carbons (Fsp3) is 0.412. The lowest BCUT2D eigenvalue weighted by Crippen LogP contribution is -2.11. The highest BCUT2D eigenvalue weighted by Gasteiger charge is 2.18. The summed E-state index contributed by atoms with van der Waals surface area (Å²) in [5.41, 5.74) is 4.09. The third-order valence-electron chi connectivity index (χ3n) is 3.75. The number of benzene rings is 1. The molecule has 1 aromatic carbocycles. The van der Waals surface area contributed by atoms with E-state index in [1.54, 1.807) is 18.5 Å². The van der Waals surface area contributed by atoms with Crippen LogP contribution in [0, 0.1) is 13.8 Å². The molecule has 0 fully saturated rings. The maximum Gasteiger partial charge on any atom is 0.339 e. The minimum absolute atomic E-state index is 0.132. The summed E-state index contributed by atoms with van der Waals surface area (Å²) >= 11 is 0. The van der Waals surface area contributed by atoms with Crippen molar-refractivity contribution in [2.24, 2.45) is 0 Å². The van der Waals surface area contributed by atoms with Crippen LogP contribution in [0.5, 0.6) is 0 Å². The monoisotopic (exact) mass is 286 g/mol. The van der Waals surface area contributed by atoms with Crippen molar-refractivity contribution < 1.29 is 9.90 Å². The molecule has 0 aliphatic rings. The number of hydrogen-bond donors (Lipinski definition) is 1. The van der Waals surface area contributed by atoms with Crippen molar-refractivity contribution in [2.45, 2.75) is 46.6 Å². The first-order valence-corrected chi connectivity index (χ1v) is 7.07. The highest BCUT2D eigenvalue weighted by molar-refractivity contribution is 5.90. The molecule has 0 saturated heterocycles. The second kappa shape index (κ2) is 5.35. The molecule has 0 radical (unpaired) electrons. The van der Waals surface area contributed by atoms with Crippen LogP contribution in [0.2, 0.25) is 0 Å². The molecule has 2 aromatic rings. The Balaban J connectivity index is 2.27. The number of aromatic carboxylic acids is 1. The lowest BCUT2D eigenvalue weighted by atomic mass is 9.87. The van der Waals surface area contributed by atoms with Crippen LogP contribution in [0.15, 0.2) is 24.3 Å². The van der Waals surface area contributed by atoms with E-state index in [9.17, 15) is 9.90 Å². The highest BCUT2D eigenvalue weighted by atomic mass is 16.4. The molecule has 2 rings (SSSR count). The van der Waals surface area contributed by atoms with Crippen molar-refractivity contribution in [3.63, 3.8) is 0 Å². The summed E-state index contributed by atoms with van der Waals surface area (Å²) in [6, 6.07) is 8.41. The van der Waals surface area contributed by atoms with Crippen LogP contribution in [0.4, 0.5) is 0 Å². The van der Waals surface area contributed by atoms with Crippen molar-refractivity contribution >= 4 is 5.97 Å². The highest BCUT2D eigenvalue weighted by Crippen LogP contribution is 2.22. The molecule has 1 N–H and O–H groups in total. The van der Waals surface area contributed by atoms with Gasteiger partial charge in [-0.1, -0.05) is 45.0 Å². The normalized spacial score (nSPS) is 11.7. The van der Waals surface area contributed by atoms with Crippen LogP contribution >= 0.6 is 0 Å². The van der Waals surface area contributed by atoms with Crippen molar-refractivity contribution in [3.8, 4) is 0 Å². The Hall–Kier alpha value is -2.10. The number of rotatable bonds is 3. The SMILES string of the molecule is Cc1nn(Cc2ccc(C(C)(C)C)cc2)c(C)c1C(=O)O. The molecule has 0 aliphatic heterocycles. The van der Waals surface area contributed by atoms with Crippen molar-refractivity contribution in [1.82, 2.24) is 9.78 Å². The van der Waals surface area contributed by atoms with E-state index in [2.05, 4.69) is 50.1 Å². The molecule has 4 heteroatoms. The zero-order valence-corrected chi connectivity index (χ0v) is 13.3. The van der Waals surface area contributed by atoms with Gasteiger partial charge in [0.25, 0.3) is 0 Å². The predicted molar refractivity (Wildman–Crippen MR) is 82.9 cm³/mol. The van der Waals surface area contributed by atoms with Crippen molar-refractivity contribution in [2.75, 3.05) is 0 Å². The van der Waals surface area contributed by atoms with E-state index in [0.717, 1.165) is 5.56 Å². The molecule has 0 bridgehead atoms. The van der Waals surface area contributed by atoms with E-state index in [1.807, 2.05) is 0 Å². The minimum Gasteiger partial charge on any atom is -0.478 e. The number of carboxylic acids is 1. The molecule has 0 unspecified atom stereocenters. The zero-order valence-electron chi connectivity index (χ0n) is 13.3. The molecular formula is C17H22N2O2. The Labute approximate surface area is 125 Å². The van der Waals surface area contributed by atoms with E-state index in [-0.39, 0.29) is 5.41 Å². The van der Waals surface area contributed by atoms with Gasteiger partial charge in [0.2, 0.25) is 0 Å². The third kappa shape index (κ3) is 3.15. The second-order valence-corrected chi connectivity index (χ2v) is 6.46. The molecule has 112 valence electrons. The zero-order chi connectivity index (χ0) is 15.8. The smallest absolute Gasteiger partial charge is 0.339 e. The predicted octanol–water partition coefficient (Wildman–Crippen LogP) is 3.54. The Bertz CT molecular complexity index is 661. The molecule has 1 heterocycles.